The van der Waals surface area contributed by atoms with Gasteiger partial charge in [0, 0.05) is 48.9 Å². The average molecular weight is 1550 g/mol. The van der Waals surface area contributed by atoms with Gasteiger partial charge in [-0.3, -0.25) is 38.4 Å². The van der Waals surface area contributed by atoms with Crippen LogP contribution in [0, 0.1) is 75.4 Å². The van der Waals surface area contributed by atoms with E-state index in [9.17, 15) is 51.5 Å². The number of nitrogens with one attached hydrogen (secondary N) is 4. The number of alkyl halides is 3. The summed E-state index contributed by atoms with van der Waals surface area (Å²) in [7, 11) is 2.65. The Labute approximate surface area is 636 Å². The van der Waals surface area contributed by atoms with Gasteiger partial charge < -0.3 is 80.0 Å². The Morgan fingerprint density at radius 2 is 0.792 bits per heavy atom. The molecule has 3 aliphatic heterocycles. The second-order valence-electron chi connectivity index (χ2n) is 34.5. The zero-order valence-corrected chi connectivity index (χ0v) is 69.0. The second kappa shape index (κ2) is 38.7. The van der Waals surface area contributed by atoms with Gasteiger partial charge in [-0.15, -0.1) is 18.5 Å². The highest BCUT2D eigenvalue weighted by molar-refractivity contribution is 7.16. The summed E-state index contributed by atoms with van der Waals surface area (Å²) in [5, 5.41) is 45.6. The highest BCUT2D eigenvalue weighted by Gasteiger charge is 2.71. The molecule has 606 valence electrons. The summed E-state index contributed by atoms with van der Waals surface area (Å²) >= 11 is 0. The topological polar surface area (TPSA) is 367 Å². The molecule has 9 saturated carbocycles. The third kappa shape index (κ3) is 23.1. The van der Waals surface area contributed by atoms with Gasteiger partial charge in [-0.1, -0.05) is 118 Å². The van der Waals surface area contributed by atoms with Gasteiger partial charge in [0.1, 0.15) is 12.0 Å². The molecule has 6 bridgehead atoms. The molecule has 4 amide bonds. The number of carboxylic acid groups (broad SMARTS) is 2. The second-order valence-corrected chi connectivity index (χ2v) is 35.5. The lowest BCUT2D eigenvalue weighted by atomic mass is 9.43. The summed E-state index contributed by atoms with van der Waals surface area (Å²) in [5.41, 5.74) is 6.36. The number of rotatable bonds is 25. The molecule has 9 aliphatic carbocycles. The number of carbonyl (C=O) groups excluding carboxylic acids is 8. The maximum absolute atomic E-state index is 12.6. The first-order chi connectivity index (χ1) is 48.0. The van der Waals surface area contributed by atoms with Crippen LogP contribution in [0.4, 0.5) is 13.2 Å². The van der Waals surface area contributed by atoms with E-state index in [0.29, 0.717) is 65.1 Å². The van der Waals surface area contributed by atoms with E-state index in [4.69, 9.17) is 58.7 Å². The molecule has 0 aromatic rings. The van der Waals surface area contributed by atoms with Crippen molar-refractivity contribution in [1.82, 2.24) is 21.3 Å². The molecule has 9 unspecified atom stereocenters. The van der Waals surface area contributed by atoms with Crippen molar-refractivity contribution in [2.45, 2.75) is 320 Å². The Kier molecular flexibility index (Phi) is 35.3. The van der Waals surface area contributed by atoms with E-state index in [1.807, 2.05) is 48.5 Å². The van der Waals surface area contributed by atoms with Crippen LogP contribution in [-0.4, -0.2) is 180 Å². The predicted molar refractivity (Wildman–Crippen MR) is 409 cm³/mol. The Bertz CT molecular complexity index is 3020. The largest absolute Gasteiger partial charge is 0.542 e. The monoisotopic (exact) mass is 1540 g/mol. The van der Waals surface area contributed by atoms with E-state index in [0.717, 1.165) is 37.5 Å². The standard InChI is InChI=1S/C20H35BNO4P.C20H34BNO4.C12H22BNO2.C10H21BNO4P.C8H15NO3.C2HF3O2.CH4/c1-11(10-27)18(24)22-13(3)15(23)7-12(2)21-25-17-9-14-8-16(19(14,4)5)20(17,6)26-21;1-11(2)18(24)22-13(4)15(23)8-12(3)21-25-17-10-14-9-16(19(14,5)6)20(17,7)26-21;1-7(14)13-15-10-6-8-5-9(11(8,2)3)12(10,4)16-13;1-6(5-17)10(14)12-8(3)9(13)4-7(2)11(15)16;1-4-5(2)7(10)9-6(3)8(11)12;3-2(4,5)1(6)7;/h11-14,16-17H,7-10,27H2,1-6H3,(H,22,24);11-14,16-17H,8-10H2,1-7H3,(H,22,24);7-10H,5-6,14H2,1-4H3;6-8,15-16H,4-5,17H2,1-3H3,(H,12,14);5-6H,4H2,1-3H3,(H,9,10)(H,11,12);(H,6,7);1H4/p-1/t11?,12-,13?,14+,16+,17-,20+;12-,13?,14+,16+,17-,20+;7-,8-,9-,10+,12-;6?,7-,8?;;;/m1101.../s1. The lowest BCUT2D eigenvalue weighted by molar-refractivity contribution is -0.344. The van der Waals surface area contributed by atoms with Gasteiger partial charge in [-0.25, -0.2) is 0 Å². The van der Waals surface area contributed by atoms with Crippen molar-refractivity contribution < 1.29 is 105 Å². The van der Waals surface area contributed by atoms with Crippen LogP contribution in [0.5, 0.6) is 0 Å². The van der Waals surface area contributed by atoms with Crippen LogP contribution in [-0.2, 0) is 71.1 Å². The Morgan fingerprint density at radius 1 is 0.509 bits per heavy atom. The molecule has 106 heavy (non-hydrogen) atoms. The molecule has 12 fully saturated rings. The fourth-order valence-corrected chi connectivity index (χ4v) is 16.8. The van der Waals surface area contributed by atoms with E-state index in [1.54, 1.807) is 41.5 Å². The van der Waals surface area contributed by atoms with Crippen molar-refractivity contribution in [3.05, 3.63) is 0 Å². The van der Waals surface area contributed by atoms with Gasteiger partial charge in [0.15, 0.2) is 17.3 Å². The van der Waals surface area contributed by atoms with Crippen LogP contribution < -0.4 is 32.1 Å². The van der Waals surface area contributed by atoms with Crippen molar-refractivity contribution in [3.8, 4) is 0 Å². The number of hydrogen-bond acceptors (Lipinski definition) is 19. The minimum Gasteiger partial charge on any atom is -0.542 e. The van der Waals surface area contributed by atoms with E-state index >= 15 is 0 Å². The summed E-state index contributed by atoms with van der Waals surface area (Å²) < 4.78 is 69.1. The number of aliphatic carboxylic acids is 2. The molecule has 12 rings (SSSR count). The zero-order chi connectivity index (χ0) is 80.7. The molecule has 0 aromatic heterocycles. The maximum Gasteiger partial charge on any atom is 0.475 e. The van der Waals surface area contributed by atoms with Gasteiger partial charge in [-0.2, -0.15) is 13.2 Å². The summed E-state index contributed by atoms with van der Waals surface area (Å²) in [6, 6.07) is -2.35. The molecular formula is C73H131B4F3N5O19P2-. The van der Waals surface area contributed by atoms with Crippen molar-refractivity contribution in [2.75, 3.05) is 12.3 Å². The van der Waals surface area contributed by atoms with Crippen LogP contribution in [0.2, 0.25) is 17.5 Å². The zero-order valence-electron chi connectivity index (χ0n) is 66.7. The van der Waals surface area contributed by atoms with Crippen molar-refractivity contribution in [1.29, 1.82) is 0 Å². The molecule has 25 atom stereocenters. The number of halogens is 3. The summed E-state index contributed by atoms with van der Waals surface area (Å²) in [6.45, 7) is 45.8. The fraction of sp³-hybridized carbons (Fsp3) is 0.877. The molecular weight excluding hydrogens is 1410 g/mol. The third-order valence-electron chi connectivity index (χ3n) is 25.0. The summed E-state index contributed by atoms with van der Waals surface area (Å²) in [6.07, 6.45) is 5.12. The number of hydrogen-bond donors (Lipinski definition) is 8. The number of Topliss-reactive ketones (excluding diaryl/α,β-unsaturated/α-hetero) is 3. The molecule has 3 saturated heterocycles. The van der Waals surface area contributed by atoms with E-state index in [1.165, 1.54) is 26.2 Å². The van der Waals surface area contributed by atoms with Gasteiger partial charge in [0.25, 0.3) is 0 Å². The quantitative estimate of drug-likeness (QED) is 0.0315. The number of amides is 4. The normalized spacial score (nSPS) is 31.1. The molecule has 0 spiro atoms. The molecule has 9 N–H and O–H groups in total. The average Bonchev–Trinajstić information content (AvgIpc) is 1.33. The Hall–Kier alpha value is -3.62. The van der Waals surface area contributed by atoms with Crippen molar-refractivity contribution >= 4 is 99.9 Å². The molecule has 24 nitrogen and oxygen atoms in total. The number of carboxylic acids is 2. The summed E-state index contributed by atoms with van der Waals surface area (Å²) in [5.74, 6) is -1.89. The van der Waals surface area contributed by atoms with E-state index in [-0.39, 0.29) is 153 Å². The fourth-order valence-electron chi connectivity index (χ4n) is 16.3. The number of carbonyl (C=O) groups is 9. The van der Waals surface area contributed by atoms with Crippen LogP contribution in [0.1, 0.15) is 231 Å². The first-order valence-electron chi connectivity index (χ1n) is 37.9. The van der Waals surface area contributed by atoms with Gasteiger partial charge in [0.05, 0.1) is 53.2 Å². The first kappa shape index (κ1) is 96.6. The van der Waals surface area contributed by atoms with Crippen LogP contribution in [0.3, 0.4) is 0 Å². The smallest absolute Gasteiger partial charge is 0.475 e. The van der Waals surface area contributed by atoms with Gasteiger partial charge in [0.2, 0.25) is 23.6 Å². The Balaban J connectivity index is 0.000000344. The first-order valence-corrected chi connectivity index (χ1v) is 39.5. The minimum atomic E-state index is -5.19. The van der Waals surface area contributed by atoms with Crippen molar-refractivity contribution in [3.63, 3.8) is 0 Å². The highest BCUT2D eigenvalue weighted by atomic mass is 31.0. The van der Waals surface area contributed by atoms with Gasteiger partial charge in [-0.05, 0) is 175 Å². The molecule has 12 aliphatic rings. The van der Waals surface area contributed by atoms with E-state index in [2.05, 4.69) is 102 Å². The molecule has 33 heteroatoms. The third-order valence-corrected chi connectivity index (χ3v) is 26.4. The molecule has 3 heterocycles. The lowest BCUT2D eigenvalue weighted by Gasteiger charge is -2.64. The molecule has 0 aromatic carbocycles. The van der Waals surface area contributed by atoms with Crippen LogP contribution in [0.15, 0.2) is 0 Å². The summed E-state index contributed by atoms with van der Waals surface area (Å²) in [4.78, 5) is 102. The minimum absolute atomic E-state index is 0. The van der Waals surface area contributed by atoms with Crippen LogP contribution >= 0.6 is 18.5 Å². The maximum atomic E-state index is 12.6. The Morgan fingerprint density at radius 3 is 1.06 bits per heavy atom. The number of ketones is 3. The molecule has 0 radical (unpaired) electrons. The number of nitrogens with two attached hydrogens (primary N) is 1. The van der Waals surface area contributed by atoms with E-state index < -0.39 is 55.2 Å². The van der Waals surface area contributed by atoms with Crippen molar-refractivity contribution in [2.24, 2.45) is 81.2 Å². The highest BCUT2D eigenvalue weighted by Crippen LogP contribution is 2.68. The SMILES string of the molecule is C.CC(C)C(=O)NC(C)C(=O)C[C@@H](C)B1O[C@@H]2C[C@@H]3C[C@@H](C3(C)C)[C@]2(C)O1.CC(CP)C(=O)NC(C)C(=O)C[C@@H](C)B(O)O.CC(CP)C(=O)NC(C)C(=O)C[C@@H](C)B1O[C@@H]2C[C@@H]3C[C@@H](C3(C)C)[C@]2(C)O1.CCC(C)C(=O)NC(C)C(=O)O.C[C@H](N)B1O[C@@H]2C[C@@H]3C[C@@H](C3(C)C)[C@]2(C)O1.O=C([O-])C(F)(F)F. The van der Waals surface area contributed by atoms with Crippen LogP contribution in [0.25, 0.3) is 0 Å². The van der Waals surface area contributed by atoms with Gasteiger partial charge >= 0.3 is 40.6 Å². The lowest BCUT2D eigenvalue weighted by Crippen LogP contribution is -2.65. The predicted octanol–water partition coefficient (Wildman–Crippen LogP) is 8.29.